The van der Waals surface area contributed by atoms with Crippen molar-refractivity contribution in [3.8, 4) is 11.5 Å². The lowest BCUT2D eigenvalue weighted by molar-refractivity contribution is -0.122. The molecule has 2 rings (SSSR count). The van der Waals surface area contributed by atoms with E-state index in [1.54, 1.807) is 50.4 Å². The molecule has 0 heterocycles. The van der Waals surface area contributed by atoms with Gasteiger partial charge in [-0.2, -0.15) is 0 Å². The number of carbonyl (C=O) groups excluding carboxylic acids is 1. The number of ether oxygens (including phenoxy) is 2. The normalized spacial score (nSPS) is 11.6. The summed E-state index contributed by atoms with van der Waals surface area (Å²) in [6.45, 7) is 3.56. The third kappa shape index (κ3) is 3.69. The second kappa shape index (κ2) is 6.85. The molecule has 0 fully saturated rings. The second-order valence-electron chi connectivity index (χ2n) is 4.94. The standard InChI is InChI=1S/C17H20N2O3/c1-11-15(18)5-4-6-16(11)19-17(20)12(2)22-14-9-7-13(21-3)8-10-14/h4-10,12H,18H2,1-3H3,(H,19,20). The molecule has 5 heteroatoms. The van der Waals surface area contributed by atoms with Crippen molar-refractivity contribution in [2.24, 2.45) is 0 Å². The van der Waals surface area contributed by atoms with Crippen LogP contribution in [0.1, 0.15) is 12.5 Å². The van der Waals surface area contributed by atoms with Crippen molar-refractivity contribution in [1.82, 2.24) is 0 Å². The maximum Gasteiger partial charge on any atom is 0.265 e. The maximum absolute atomic E-state index is 12.2. The molecule has 1 atom stereocenters. The third-order valence-electron chi connectivity index (χ3n) is 3.38. The van der Waals surface area contributed by atoms with E-state index >= 15 is 0 Å². The molecule has 1 amide bonds. The smallest absolute Gasteiger partial charge is 0.265 e. The van der Waals surface area contributed by atoms with Gasteiger partial charge in [0, 0.05) is 11.4 Å². The van der Waals surface area contributed by atoms with Crippen LogP contribution in [-0.2, 0) is 4.79 Å². The summed E-state index contributed by atoms with van der Waals surface area (Å²) in [6, 6.07) is 12.5. The van der Waals surface area contributed by atoms with Crippen LogP contribution in [0.5, 0.6) is 11.5 Å². The van der Waals surface area contributed by atoms with Gasteiger partial charge in [0.2, 0.25) is 0 Å². The molecule has 0 aliphatic heterocycles. The molecule has 5 nitrogen and oxygen atoms in total. The molecule has 0 aliphatic rings. The van der Waals surface area contributed by atoms with Gasteiger partial charge in [0.1, 0.15) is 11.5 Å². The Morgan fingerprint density at radius 2 is 1.77 bits per heavy atom. The lowest BCUT2D eigenvalue weighted by Gasteiger charge is -2.16. The Bertz CT molecular complexity index is 653. The van der Waals surface area contributed by atoms with Crippen LogP contribution in [0.15, 0.2) is 42.5 Å². The van der Waals surface area contributed by atoms with Crippen molar-refractivity contribution in [3.05, 3.63) is 48.0 Å². The van der Waals surface area contributed by atoms with E-state index in [1.165, 1.54) is 0 Å². The Hall–Kier alpha value is -2.69. The number of benzene rings is 2. The minimum atomic E-state index is -0.630. The molecule has 0 aliphatic carbocycles. The number of nitrogen functional groups attached to an aromatic ring is 1. The predicted octanol–water partition coefficient (Wildman–Crippen LogP) is 2.99. The van der Waals surface area contributed by atoms with Crippen molar-refractivity contribution < 1.29 is 14.3 Å². The zero-order chi connectivity index (χ0) is 16.1. The van der Waals surface area contributed by atoms with E-state index < -0.39 is 6.10 Å². The molecule has 0 saturated heterocycles. The summed E-state index contributed by atoms with van der Waals surface area (Å²) in [5.41, 5.74) is 8.00. The molecule has 0 saturated carbocycles. The number of carbonyl (C=O) groups is 1. The van der Waals surface area contributed by atoms with Crippen molar-refractivity contribution in [2.45, 2.75) is 20.0 Å². The fraction of sp³-hybridized carbons (Fsp3) is 0.235. The monoisotopic (exact) mass is 300 g/mol. The number of rotatable bonds is 5. The first-order chi connectivity index (χ1) is 10.5. The SMILES string of the molecule is COc1ccc(OC(C)C(=O)Nc2cccc(N)c2C)cc1. The summed E-state index contributed by atoms with van der Waals surface area (Å²) in [6.07, 6.45) is -0.630. The van der Waals surface area contributed by atoms with Crippen LogP contribution in [0.2, 0.25) is 0 Å². The Morgan fingerprint density at radius 3 is 2.41 bits per heavy atom. The number of anilines is 2. The van der Waals surface area contributed by atoms with Gasteiger partial charge in [-0.05, 0) is 55.8 Å². The molecule has 116 valence electrons. The molecule has 2 aromatic rings. The van der Waals surface area contributed by atoms with Gasteiger partial charge in [0.15, 0.2) is 6.10 Å². The van der Waals surface area contributed by atoms with Gasteiger partial charge in [-0.15, -0.1) is 0 Å². The number of nitrogens with two attached hydrogens (primary N) is 1. The van der Waals surface area contributed by atoms with Crippen molar-refractivity contribution in [1.29, 1.82) is 0 Å². The summed E-state index contributed by atoms with van der Waals surface area (Å²) >= 11 is 0. The van der Waals surface area contributed by atoms with E-state index in [1.807, 2.05) is 13.0 Å². The second-order valence-corrected chi connectivity index (χ2v) is 4.94. The van der Waals surface area contributed by atoms with Gasteiger partial charge in [0.25, 0.3) is 5.91 Å². The van der Waals surface area contributed by atoms with Crippen molar-refractivity contribution >= 4 is 17.3 Å². The zero-order valence-electron chi connectivity index (χ0n) is 12.9. The summed E-state index contributed by atoms with van der Waals surface area (Å²) in [7, 11) is 1.60. The zero-order valence-corrected chi connectivity index (χ0v) is 12.9. The highest BCUT2D eigenvalue weighted by Gasteiger charge is 2.16. The Morgan fingerprint density at radius 1 is 1.14 bits per heavy atom. The van der Waals surface area contributed by atoms with Crippen molar-refractivity contribution in [3.63, 3.8) is 0 Å². The summed E-state index contributed by atoms with van der Waals surface area (Å²) in [5.74, 6) is 1.11. The largest absolute Gasteiger partial charge is 0.497 e. The predicted molar refractivity (Wildman–Crippen MR) is 87.3 cm³/mol. The van der Waals surface area contributed by atoms with Crippen molar-refractivity contribution in [2.75, 3.05) is 18.2 Å². The van der Waals surface area contributed by atoms with Crippen LogP contribution in [0, 0.1) is 6.92 Å². The molecule has 1 unspecified atom stereocenters. The lowest BCUT2D eigenvalue weighted by Crippen LogP contribution is -2.30. The molecule has 0 spiro atoms. The number of amides is 1. The van der Waals surface area contributed by atoms with E-state index in [9.17, 15) is 4.79 Å². The Balaban J connectivity index is 2.01. The highest BCUT2D eigenvalue weighted by Crippen LogP contribution is 2.22. The number of hydrogen-bond acceptors (Lipinski definition) is 4. The summed E-state index contributed by atoms with van der Waals surface area (Å²) in [5, 5.41) is 2.82. The van der Waals surface area contributed by atoms with Crippen LogP contribution in [0.25, 0.3) is 0 Å². The Labute approximate surface area is 130 Å². The minimum Gasteiger partial charge on any atom is -0.497 e. The third-order valence-corrected chi connectivity index (χ3v) is 3.38. The minimum absolute atomic E-state index is 0.232. The van der Waals surface area contributed by atoms with Gasteiger partial charge in [-0.3, -0.25) is 4.79 Å². The quantitative estimate of drug-likeness (QED) is 0.833. The fourth-order valence-corrected chi connectivity index (χ4v) is 1.94. The maximum atomic E-state index is 12.2. The number of methoxy groups -OCH3 is 1. The molecular weight excluding hydrogens is 280 g/mol. The number of hydrogen-bond donors (Lipinski definition) is 2. The van der Waals surface area contributed by atoms with E-state index in [4.69, 9.17) is 15.2 Å². The molecular formula is C17H20N2O3. The Kier molecular flexibility index (Phi) is 4.88. The van der Waals surface area contributed by atoms with E-state index in [0.29, 0.717) is 17.1 Å². The lowest BCUT2D eigenvalue weighted by atomic mass is 10.1. The van der Waals surface area contributed by atoms with E-state index in [0.717, 1.165) is 11.3 Å². The molecule has 2 aromatic carbocycles. The van der Waals surface area contributed by atoms with Crippen LogP contribution in [0.3, 0.4) is 0 Å². The molecule has 3 N–H and O–H groups in total. The summed E-state index contributed by atoms with van der Waals surface area (Å²) in [4.78, 5) is 12.2. The molecule has 0 radical (unpaired) electrons. The van der Waals surface area contributed by atoms with Gasteiger partial charge in [-0.25, -0.2) is 0 Å². The highest BCUT2D eigenvalue weighted by molar-refractivity contribution is 5.95. The first-order valence-electron chi connectivity index (χ1n) is 6.98. The fourth-order valence-electron chi connectivity index (χ4n) is 1.94. The van der Waals surface area contributed by atoms with Crippen LogP contribution < -0.4 is 20.5 Å². The van der Waals surface area contributed by atoms with Crippen LogP contribution in [0.4, 0.5) is 11.4 Å². The molecule has 22 heavy (non-hydrogen) atoms. The number of nitrogens with one attached hydrogen (secondary N) is 1. The average molecular weight is 300 g/mol. The summed E-state index contributed by atoms with van der Waals surface area (Å²) < 4.78 is 10.7. The van der Waals surface area contributed by atoms with Gasteiger partial charge >= 0.3 is 0 Å². The topological polar surface area (TPSA) is 73.6 Å². The average Bonchev–Trinajstić information content (AvgIpc) is 2.52. The highest BCUT2D eigenvalue weighted by atomic mass is 16.5. The first kappa shape index (κ1) is 15.7. The molecule has 0 aromatic heterocycles. The van der Waals surface area contributed by atoms with E-state index in [-0.39, 0.29) is 5.91 Å². The van der Waals surface area contributed by atoms with Crippen LogP contribution in [-0.4, -0.2) is 19.1 Å². The molecule has 0 bridgehead atoms. The van der Waals surface area contributed by atoms with Gasteiger partial charge in [-0.1, -0.05) is 6.07 Å². The first-order valence-corrected chi connectivity index (χ1v) is 6.98. The van der Waals surface area contributed by atoms with Gasteiger partial charge in [0.05, 0.1) is 7.11 Å². The van der Waals surface area contributed by atoms with E-state index in [2.05, 4.69) is 5.32 Å². The van der Waals surface area contributed by atoms with Crippen LogP contribution >= 0.6 is 0 Å². The van der Waals surface area contributed by atoms with Gasteiger partial charge < -0.3 is 20.5 Å².